The van der Waals surface area contributed by atoms with Gasteiger partial charge in [0.2, 0.25) is 5.88 Å². The van der Waals surface area contributed by atoms with E-state index >= 15 is 0 Å². The Morgan fingerprint density at radius 1 is 0.919 bits per heavy atom. The molecule has 4 aromatic rings. The van der Waals surface area contributed by atoms with Crippen molar-refractivity contribution in [3.63, 3.8) is 0 Å². The van der Waals surface area contributed by atoms with E-state index in [2.05, 4.69) is 4.98 Å². The molecule has 1 N–H and O–H groups in total. The number of nitro groups is 1. The summed E-state index contributed by atoms with van der Waals surface area (Å²) in [6.07, 6.45) is 1.54. The largest absolute Gasteiger partial charge is 0.438 e. The molecule has 0 spiro atoms. The van der Waals surface area contributed by atoms with Gasteiger partial charge in [-0.2, -0.15) is 0 Å². The van der Waals surface area contributed by atoms with Crippen LogP contribution in [0.15, 0.2) is 83.9 Å². The summed E-state index contributed by atoms with van der Waals surface area (Å²) in [7, 11) is -4.44. The highest BCUT2D eigenvalue weighted by molar-refractivity contribution is 7.90. The summed E-state index contributed by atoms with van der Waals surface area (Å²) in [5.74, 6) is -0.572. The molecule has 37 heavy (non-hydrogen) atoms. The van der Waals surface area contributed by atoms with Crippen LogP contribution >= 0.6 is 0 Å². The van der Waals surface area contributed by atoms with E-state index in [1.165, 1.54) is 18.3 Å². The Bertz CT molecular complexity index is 1600. The Labute approximate surface area is 214 Å². The molecule has 3 aromatic carbocycles. The zero-order chi connectivity index (χ0) is 26.7. The fraction of sp³-hybridized carbons (Fsp3) is 0.111. The van der Waals surface area contributed by atoms with E-state index in [4.69, 9.17) is 4.74 Å². The molecule has 4 rings (SSSR count). The van der Waals surface area contributed by atoms with Crippen molar-refractivity contribution in [3.8, 4) is 22.8 Å². The Balaban J connectivity index is 1.77. The third kappa shape index (κ3) is 5.65. The average molecular weight is 518 g/mol. The van der Waals surface area contributed by atoms with Gasteiger partial charge in [-0.1, -0.05) is 54.1 Å². The van der Waals surface area contributed by atoms with Crippen LogP contribution in [0.4, 0.5) is 5.69 Å². The zero-order valence-electron chi connectivity index (χ0n) is 20.3. The number of nitrogens with one attached hydrogen (secondary N) is 1. The lowest BCUT2D eigenvalue weighted by atomic mass is 10.1. The van der Waals surface area contributed by atoms with Crippen LogP contribution in [-0.2, 0) is 10.0 Å². The van der Waals surface area contributed by atoms with Crippen LogP contribution < -0.4 is 9.46 Å². The molecule has 1 heterocycles. The van der Waals surface area contributed by atoms with Crippen LogP contribution in [0.2, 0.25) is 0 Å². The first-order chi connectivity index (χ1) is 17.5. The SMILES string of the molecule is Cc1cc(C)c(Oc2ncc(-c3ccccc3)cc2C(=O)NS(=O)(=O)c2cccc([N+](=O)[O-])c2)c(C)c1. The number of carbonyl (C=O) groups excluding carboxylic acids is 1. The topological polar surface area (TPSA) is 128 Å². The molecule has 0 fully saturated rings. The van der Waals surface area contributed by atoms with E-state index in [1.807, 2.05) is 68.0 Å². The monoisotopic (exact) mass is 517 g/mol. The Morgan fingerprint density at radius 2 is 1.59 bits per heavy atom. The molecule has 188 valence electrons. The molecular formula is C27H23N3O6S. The lowest BCUT2D eigenvalue weighted by molar-refractivity contribution is -0.385. The standard InChI is InChI=1S/C27H23N3O6S/c1-17-12-18(2)25(19(3)13-17)36-27-24(14-21(16-28-27)20-8-5-4-6-9-20)26(31)29-37(34,35)23-11-7-10-22(15-23)30(32)33/h4-16H,1-3H3,(H,29,31). The number of rotatable bonds is 7. The van der Waals surface area contributed by atoms with Crippen LogP contribution in [0, 0.1) is 30.9 Å². The van der Waals surface area contributed by atoms with Gasteiger partial charge < -0.3 is 4.74 Å². The number of aryl methyl sites for hydroxylation is 3. The van der Waals surface area contributed by atoms with Gasteiger partial charge in [-0.25, -0.2) is 18.1 Å². The van der Waals surface area contributed by atoms with Gasteiger partial charge in [-0.05, 0) is 49.6 Å². The van der Waals surface area contributed by atoms with Gasteiger partial charge in [0.1, 0.15) is 11.3 Å². The van der Waals surface area contributed by atoms with Crippen molar-refractivity contribution < 1.29 is 22.9 Å². The second-order valence-electron chi connectivity index (χ2n) is 8.46. The number of pyridine rings is 1. The number of non-ortho nitro benzene ring substituents is 1. The summed E-state index contributed by atoms with van der Waals surface area (Å²) in [5.41, 5.74) is 3.48. The number of ether oxygens (including phenoxy) is 1. The van der Waals surface area contributed by atoms with E-state index in [0.29, 0.717) is 11.3 Å². The van der Waals surface area contributed by atoms with Gasteiger partial charge >= 0.3 is 0 Å². The molecule has 9 nitrogen and oxygen atoms in total. The second-order valence-corrected chi connectivity index (χ2v) is 10.1. The summed E-state index contributed by atoms with van der Waals surface area (Å²) in [6.45, 7) is 5.68. The van der Waals surface area contributed by atoms with Gasteiger partial charge in [0.15, 0.2) is 0 Å². The first-order valence-electron chi connectivity index (χ1n) is 11.2. The molecule has 1 amide bonds. The Hall–Kier alpha value is -4.57. The smallest absolute Gasteiger partial charge is 0.270 e. The maximum atomic E-state index is 13.3. The van der Waals surface area contributed by atoms with Crippen LogP contribution in [-0.4, -0.2) is 24.2 Å². The third-order valence-corrected chi connectivity index (χ3v) is 6.90. The number of sulfonamides is 1. The second kappa shape index (κ2) is 10.2. The fourth-order valence-electron chi connectivity index (χ4n) is 3.91. The number of benzene rings is 3. The van der Waals surface area contributed by atoms with Crippen molar-refractivity contribution >= 4 is 21.6 Å². The molecule has 0 aliphatic heterocycles. The summed E-state index contributed by atoms with van der Waals surface area (Å²) in [6, 6.07) is 18.9. The molecule has 0 saturated carbocycles. The van der Waals surface area contributed by atoms with Gasteiger partial charge in [0.05, 0.1) is 9.82 Å². The average Bonchev–Trinajstić information content (AvgIpc) is 2.86. The van der Waals surface area contributed by atoms with E-state index in [-0.39, 0.29) is 11.4 Å². The molecule has 0 bridgehead atoms. The van der Waals surface area contributed by atoms with Crippen molar-refractivity contribution in [2.45, 2.75) is 25.7 Å². The predicted molar refractivity (Wildman–Crippen MR) is 138 cm³/mol. The molecule has 10 heteroatoms. The highest BCUT2D eigenvalue weighted by Gasteiger charge is 2.25. The molecule has 1 aromatic heterocycles. The minimum atomic E-state index is -4.44. The van der Waals surface area contributed by atoms with Crippen LogP contribution in [0.1, 0.15) is 27.0 Å². The molecule has 0 unspecified atom stereocenters. The van der Waals surface area contributed by atoms with Gasteiger partial charge in [0.25, 0.3) is 21.6 Å². The third-order valence-electron chi connectivity index (χ3n) is 5.57. The number of nitrogens with zero attached hydrogens (tertiary/aromatic N) is 2. The number of carbonyl (C=O) groups is 1. The van der Waals surface area contributed by atoms with E-state index < -0.39 is 31.4 Å². The quantitative estimate of drug-likeness (QED) is 0.253. The minimum Gasteiger partial charge on any atom is -0.438 e. The van der Waals surface area contributed by atoms with Gasteiger partial charge in [-0.3, -0.25) is 14.9 Å². The Kier molecular flexibility index (Phi) is 7.03. The summed E-state index contributed by atoms with van der Waals surface area (Å²) in [5, 5.41) is 11.1. The van der Waals surface area contributed by atoms with Gasteiger partial charge in [-0.15, -0.1) is 0 Å². The summed E-state index contributed by atoms with van der Waals surface area (Å²) in [4.78, 5) is 27.6. The maximum absolute atomic E-state index is 13.3. The highest BCUT2D eigenvalue weighted by atomic mass is 32.2. The maximum Gasteiger partial charge on any atom is 0.270 e. The number of hydrogen-bond acceptors (Lipinski definition) is 7. The highest BCUT2D eigenvalue weighted by Crippen LogP contribution is 2.32. The Morgan fingerprint density at radius 3 is 2.24 bits per heavy atom. The zero-order valence-corrected chi connectivity index (χ0v) is 21.1. The van der Waals surface area contributed by atoms with Crippen molar-refractivity contribution in [1.82, 2.24) is 9.71 Å². The molecular weight excluding hydrogens is 494 g/mol. The van der Waals surface area contributed by atoms with Crippen molar-refractivity contribution in [2.75, 3.05) is 0 Å². The lowest BCUT2D eigenvalue weighted by Gasteiger charge is -2.16. The van der Waals surface area contributed by atoms with E-state index in [9.17, 15) is 23.3 Å². The summed E-state index contributed by atoms with van der Waals surface area (Å²) >= 11 is 0. The molecule has 0 radical (unpaired) electrons. The van der Waals surface area contributed by atoms with Crippen molar-refractivity contribution in [2.24, 2.45) is 0 Å². The van der Waals surface area contributed by atoms with Crippen LogP contribution in [0.5, 0.6) is 11.6 Å². The first kappa shape index (κ1) is 25.5. The number of aromatic nitrogens is 1. The summed E-state index contributed by atoms with van der Waals surface area (Å²) < 4.78 is 33.9. The lowest BCUT2D eigenvalue weighted by Crippen LogP contribution is -2.31. The van der Waals surface area contributed by atoms with Gasteiger partial charge in [0, 0.05) is 23.9 Å². The van der Waals surface area contributed by atoms with Crippen molar-refractivity contribution in [1.29, 1.82) is 0 Å². The van der Waals surface area contributed by atoms with E-state index in [0.717, 1.165) is 40.5 Å². The molecule has 0 aliphatic rings. The number of nitro benzene ring substituents is 1. The predicted octanol–water partition coefficient (Wildman–Crippen LogP) is 5.49. The number of hydrogen-bond donors (Lipinski definition) is 1. The first-order valence-corrected chi connectivity index (χ1v) is 12.7. The van der Waals surface area contributed by atoms with E-state index in [1.54, 1.807) is 0 Å². The molecule has 0 aliphatic carbocycles. The van der Waals surface area contributed by atoms with Crippen LogP contribution in [0.25, 0.3) is 11.1 Å². The normalized spacial score (nSPS) is 11.1. The van der Waals surface area contributed by atoms with Crippen LogP contribution in [0.3, 0.4) is 0 Å². The van der Waals surface area contributed by atoms with Crippen molar-refractivity contribution in [3.05, 3.63) is 111 Å². The molecule has 0 atom stereocenters. The molecule has 0 saturated heterocycles. The minimum absolute atomic E-state index is 0.0820. The number of amides is 1. The fourth-order valence-corrected chi connectivity index (χ4v) is 4.91.